The molecule has 1 aliphatic rings. The van der Waals surface area contributed by atoms with Crippen LogP contribution in [0.4, 0.5) is 0 Å². The summed E-state index contributed by atoms with van der Waals surface area (Å²) in [5.41, 5.74) is 0. The first-order valence-electron chi connectivity index (χ1n) is 6.58. The fourth-order valence-corrected chi connectivity index (χ4v) is 1.92. The smallest absolute Gasteiger partial charge is 0.246 e. The molecule has 1 aliphatic carbocycles. The van der Waals surface area contributed by atoms with Gasteiger partial charge in [0.2, 0.25) is 5.91 Å². The Kier molecular flexibility index (Phi) is 5.92. The van der Waals surface area contributed by atoms with Crippen molar-refractivity contribution in [3.05, 3.63) is 0 Å². The molecule has 0 radical (unpaired) electrons. The largest absolute Gasteiger partial charge is 0.368 e. The van der Waals surface area contributed by atoms with E-state index in [2.05, 4.69) is 24.5 Å². The van der Waals surface area contributed by atoms with Crippen LogP contribution in [0.2, 0.25) is 0 Å². The molecule has 2 N–H and O–H groups in total. The predicted octanol–water partition coefficient (Wildman–Crippen LogP) is 1.16. The number of ether oxygens (including phenoxy) is 1. The van der Waals surface area contributed by atoms with E-state index in [0.717, 1.165) is 25.3 Å². The number of rotatable bonds is 7. The van der Waals surface area contributed by atoms with Crippen LogP contribution in [-0.4, -0.2) is 38.3 Å². The Bertz CT molecular complexity index is 238. The SMILES string of the molecule is CNCC1CC(OCC(=O)NC(C)C(C)C)C1. The molecule has 1 rings (SSSR count). The fraction of sp³-hybridized carbons (Fsp3) is 0.923. The Balaban J connectivity index is 2.06. The Labute approximate surface area is 104 Å². The molecule has 1 amide bonds. The number of nitrogens with one attached hydrogen (secondary N) is 2. The maximum atomic E-state index is 11.6. The van der Waals surface area contributed by atoms with E-state index in [0.29, 0.717) is 5.92 Å². The highest BCUT2D eigenvalue weighted by atomic mass is 16.5. The van der Waals surface area contributed by atoms with E-state index in [1.54, 1.807) is 0 Å². The van der Waals surface area contributed by atoms with Gasteiger partial charge < -0.3 is 15.4 Å². The Morgan fingerprint density at radius 3 is 2.53 bits per heavy atom. The van der Waals surface area contributed by atoms with Crippen molar-refractivity contribution in [3.8, 4) is 0 Å². The Morgan fingerprint density at radius 2 is 2.00 bits per heavy atom. The van der Waals surface area contributed by atoms with Gasteiger partial charge in [-0.1, -0.05) is 13.8 Å². The molecule has 0 spiro atoms. The molecule has 0 aliphatic heterocycles. The Morgan fingerprint density at radius 1 is 1.35 bits per heavy atom. The predicted molar refractivity (Wildman–Crippen MR) is 68.8 cm³/mol. The van der Waals surface area contributed by atoms with Crippen molar-refractivity contribution in [2.75, 3.05) is 20.2 Å². The van der Waals surface area contributed by atoms with Crippen LogP contribution in [0.25, 0.3) is 0 Å². The first kappa shape index (κ1) is 14.5. The molecule has 0 aromatic carbocycles. The molecule has 100 valence electrons. The lowest BCUT2D eigenvalue weighted by Gasteiger charge is -2.34. The van der Waals surface area contributed by atoms with Crippen LogP contribution in [0.5, 0.6) is 0 Å². The van der Waals surface area contributed by atoms with Crippen molar-refractivity contribution in [3.63, 3.8) is 0 Å². The molecule has 4 heteroatoms. The monoisotopic (exact) mass is 242 g/mol. The van der Waals surface area contributed by atoms with E-state index in [1.165, 1.54) is 0 Å². The molecule has 17 heavy (non-hydrogen) atoms. The van der Waals surface area contributed by atoms with Gasteiger partial charge in [0.05, 0.1) is 6.10 Å². The van der Waals surface area contributed by atoms with Crippen LogP contribution in [0.3, 0.4) is 0 Å². The second-order valence-electron chi connectivity index (χ2n) is 5.43. The van der Waals surface area contributed by atoms with E-state index in [1.807, 2.05) is 14.0 Å². The quantitative estimate of drug-likeness (QED) is 0.704. The minimum absolute atomic E-state index is 0.00302. The number of carbonyl (C=O) groups excluding carboxylic acids is 1. The van der Waals surface area contributed by atoms with Gasteiger partial charge in [0.1, 0.15) is 6.61 Å². The minimum Gasteiger partial charge on any atom is -0.368 e. The maximum Gasteiger partial charge on any atom is 0.246 e. The summed E-state index contributed by atoms with van der Waals surface area (Å²) in [6.45, 7) is 7.47. The fourth-order valence-electron chi connectivity index (χ4n) is 1.92. The van der Waals surface area contributed by atoms with Crippen LogP contribution >= 0.6 is 0 Å². The molecule has 1 fully saturated rings. The van der Waals surface area contributed by atoms with Gasteiger partial charge in [-0.3, -0.25) is 4.79 Å². The average Bonchev–Trinajstić information content (AvgIpc) is 2.20. The molecule has 0 saturated heterocycles. The van der Waals surface area contributed by atoms with Crippen LogP contribution in [-0.2, 0) is 9.53 Å². The van der Waals surface area contributed by atoms with Crippen molar-refractivity contribution in [2.45, 2.75) is 45.8 Å². The molecule has 0 heterocycles. The Hall–Kier alpha value is -0.610. The number of hydrogen-bond acceptors (Lipinski definition) is 3. The molecule has 4 nitrogen and oxygen atoms in total. The zero-order valence-electron chi connectivity index (χ0n) is 11.5. The van der Waals surface area contributed by atoms with E-state index >= 15 is 0 Å². The van der Waals surface area contributed by atoms with Crippen LogP contribution < -0.4 is 10.6 Å². The summed E-state index contributed by atoms with van der Waals surface area (Å²) in [7, 11) is 1.97. The molecular formula is C13H26N2O2. The molecule has 1 saturated carbocycles. The minimum atomic E-state index is 0.00302. The van der Waals surface area contributed by atoms with E-state index < -0.39 is 0 Å². The van der Waals surface area contributed by atoms with Crippen molar-refractivity contribution < 1.29 is 9.53 Å². The first-order chi connectivity index (χ1) is 8.02. The van der Waals surface area contributed by atoms with Gasteiger partial charge in [-0.15, -0.1) is 0 Å². The third-order valence-corrected chi connectivity index (χ3v) is 3.52. The molecule has 0 bridgehead atoms. The zero-order chi connectivity index (χ0) is 12.8. The second kappa shape index (κ2) is 6.97. The third-order valence-electron chi connectivity index (χ3n) is 3.52. The number of carbonyl (C=O) groups is 1. The highest BCUT2D eigenvalue weighted by molar-refractivity contribution is 5.77. The van der Waals surface area contributed by atoms with Gasteiger partial charge in [-0.2, -0.15) is 0 Å². The van der Waals surface area contributed by atoms with Crippen LogP contribution in [0.1, 0.15) is 33.6 Å². The van der Waals surface area contributed by atoms with Crippen molar-refractivity contribution in [2.24, 2.45) is 11.8 Å². The van der Waals surface area contributed by atoms with Crippen LogP contribution in [0.15, 0.2) is 0 Å². The van der Waals surface area contributed by atoms with Crippen LogP contribution in [0, 0.1) is 11.8 Å². The number of amides is 1. The van der Waals surface area contributed by atoms with Gasteiger partial charge >= 0.3 is 0 Å². The van der Waals surface area contributed by atoms with Gasteiger partial charge in [0, 0.05) is 6.04 Å². The summed E-state index contributed by atoms with van der Waals surface area (Å²) in [5, 5.41) is 6.10. The average molecular weight is 242 g/mol. The van der Waals surface area contributed by atoms with Gasteiger partial charge in [0.25, 0.3) is 0 Å². The summed E-state index contributed by atoms with van der Waals surface area (Å²) < 4.78 is 5.56. The van der Waals surface area contributed by atoms with Gasteiger partial charge in [0.15, 0.2) is 0 Å². The van der Waals surface area contributed by atoms with E-state index in [4.69, 9.17) is 4.74 Å². The summed E-state index contributed by atoms with van der Waals surface area (Å²) in [4.78, 5) is 11.6. The summed E-state index contributed by atoms with van der Waals surface area (Å²) in [6.07, 6.45) is 2.44. The van der Waals surface area contributed by atoms with E-state index in [9.17, 15) is 4.79 Å². The zero-order valence-corrected chi connectivity index (χ0v) is 11.5. The molecule has 0 aromatic heterocycles. The lowest BCUT2D eigenvalue weighted by atomic mass is 9.82. The molecule has 1 atom stereocenters. The number of hydrogen-bond donors (Lipinski definition) is 2. The molecule has 1 unspecified atom stereocenters. The third kappa shape index (κ3) is 5.04. The lowest BCUT2D eigenvalue weighted by molar-refractivity contribution is -0.131. The highest BCUT2D eigenvalue weighted by Gasteiger charge is 2.29. The second-order valence-corrected chi connectivity index (χ2v) is 5.43. The summed E-state index contributed by atoms with van der Waals surface area (Å²) >= 11 is 0. The van der Waals surface area contributed by atoms with Gasteiger partial charge in [-0.05, 0) is 45.2 Å². The topological polar surface area (TPSA) is 50.4 Å². The first-order valence-corrected chi connectivity index (χ1v) is 6.58. The van der Waals surface area contributed by atoms with E-state index in [-0.39, 0.29) is 24.7 Å². The standard InChI is InChI=1S/C13H26N2O2/c1-9(2)10(3)15-13(16)8-17-12-5-11(6-12)7-14-4/h9-12,14H,5-8H2,1-4H3,(H,15,16). The summed E-state index contributed by atoms with van der Waals surface area (Å²) in [5.74, 6) is 1.19. The molecule has 0 aromatic rings. The van der Waals surface area contributed by atoms with Crippen molar-refractivity contribution >= 4 is 5.91 Å². The maximum absolute atomic E-state index is 11.6. The van der Waals surface area contributed by atoms with Crippen molar-refractivity contribution in [1.82, 2.24) is 10.6 Å². The highest BCUT2D eigenvalue weighted by Crippen LogP contribution is 2.29. The lowest BCUT2D eigenvalue weighted by Crippen LogP contribution is -2.42. The van der Waals surface area contributed by atoms with Gasteiger partial charge in [-0.25, -0.2) is 0 Å². The molecular weight excluding hydrogens is 216 g/mol. The normalized spacial score (nSPS) is 25.5. The summed E-state index contributed by atoms with van der Waals surface area (Å²) in [6, 6.07) is 0.213. The van der Waals surface area contributed by atoms with Crippen molar-refractivity contribution in [1.29, 1.82) is 0 Å².